The van der Waals surface area contributed by atoms with Gasteiger partial charge in [0.2, 0.25) is 0 Å². The van der Waals surface area contributed by atoms with E-state index < -0.39 is 0 Å². The van der Waals surface area contributed by atoms with Gasteiger partial charge >= 0.3 is 0 Å². The molecule has 2 heteroatoms. The van der Waals surface area contributed by atoms with Crippen LogP contribution in [0.5, 0.6) is 0 Å². The Bertz CT molecular complexity index is 442. The van der Waals surface area contributed by atoms with Crippen molar-refractivity contribution in [3.8, 4) is 0 Å². The summed E-state index contributed by atoms with van der Waals surface area (Å²) in [5, 5.41) is 3.53. The molecule has 1 aromatic carbocycles. The van der Waals surface area contributed by atoms with Gasteiger partial charge in [0.1, 0.15) is 0 Å². The minimum Gasteiger partial charge on any atom is -0.330 e. The van der Waals surface area contributed by atoms with E-state index in [1.165, 1.54) is 15.6 Å². The second-order valence-electron chi connectivity index (χ2n) is 3.17. The van der Waals surface area contributed by atoms with Crippen molar-refractivity contribution in [2.24, 2.45) is 5.73 Å². The topological polar surface area (TPSA) is 26.0 Å². The standard InChI is InChI=1S/C12H13NS/c13-8-4-3-5-10-9-14-12-7-2-1-6-11(10)12/h1-3,5-7,9H,4,8,13H2. The number of benzene rings is 1. The normalized spacial score (nSPS) is 11.5. The Balaban J connectivity index is 2.34. The molecule has 0 radical (unpaired) electrons. The summed E-state index contributed by atoms with van der Waals surface area (Å²) in [6.07, 6.45) is 5.24. The van der Waals surface area contributed by atoms with Gasteiger partial charge in [-0.3, -0.25) is 0 Å². The molecular formula is C12H13NS. The lowest BCUT2D eigenvalue weighted by atomic mass is 10.1. The van der Waals surface area contributed by atoms with E-state index in [2.05, 4.69) is 41.8 Å². The van der Waals surface area contributed by atoms with Crippen LogP contribution in [-0.2, 0) is 0 Å². The number of thiophene rings is 1. The van der Waals surface area contributed by atoms with Crippen molar-refractivity contribution < 1.29 is 0 Å². The van der Waals surface area contributed by atoms with Gasteiger partial charge in [-0.25, -0.2) is 0 Å². The second-order valence-corrected chi connectivity index (χ2v) is 4.08. The molecule has 0 aliphatic carbocycles. The maximum absolute atomic E-state index is 5.43. The predicted octanol–water partition coefficient (Wildman–Crippen LogP) is 3.26. The molecule has 2 rings (SSSR count). The van der Waals surface area contributed by atoms with Crippen LogP contribution in [0.25, 0.3) is 16.2 Å². The quantitative estimate of drug-likeness (QED) is 0.814. The Labute approximate surface area is 87.9 Å². The van der Waals surface area contributed by atoms with Crippen LogP contribution >= 0.6 is 11.3 Å². The van der Waals surface area contributed by atoms with Gasteiger partial charge in [0.25, 0.3) is 0 Å². The van der Waals surface area contributed by atoms with E-state index in [1.54, 1.807) is 11.3 Å². The molecule has 0 aliphatic rings. The van der Waals surface area contributed by atoms with Gasteiger partial charge in [0.15, 0.2) is 0 Å². The van der Waals surface area contributed by atoms with Crippen LogP contribution in [0.2, 0.25) is 0 Å². The third-order valence-electron chi connectivity index (χ3n) is 2.14. The Hall–Kier alpha value is -1.12. The molecule has 0 saturated heterocycles. The Morgan fingerprint density at radius 1 is 1.29 bits per heavy atom. The number of hydrogen-bond donors (Lipinski definition) is 1. The summed E-state index contributed by atoms with van der Waals surface area (Å²) >= 11 is 1.79. The zero-order valence-corrected chi connectivity index (χ0v) is 8.76. The SMILES string of the molecule is NCCC=Cc1csc2ccccc12. The van der Waals surface area contributed by atoms with Gasteiger partial charge in [-0.05, 0) is 35.4 Å². The van der Waals surface area contributed by atoms with Crippen LogP contribution in [0.15, 0.2) is 35.7 Å². The van der Waals surface area contributed by atoms with Crippen molar-refractivity contribution in [3.05, 3.63) is 41.3 Å². The molecule has 1 aromatic heterocycles. The molecule has 1 heterocycles. The third-order valence-corrected chi connectivity index (χ3v) is 3.12. The second kappa shape index (κ2) is 4.40. The van der Waals surface area contributed by atoms with Crippen LogP contribution in [0.4, 0.5) is 0 Å². The molecule has 0 amide bonds. The molecule has 72 valence electrons. The lowest BCUT2D eigenvalue weighted by molar-refractivity contribution is 1.01. The average Bonchev–Trinajstić information content (AvgIpc) is 2.63. The Morgan fingerprint density at radius 2 is 2.14 bits per heavy atom. The maximum Gasteiger partial charge on any atom is 0.0348 e. The van der Waals surface area contributed by atoms with Gasteiger partial charge in [0.05, 0.1) is 0 Å². The summed E-state index contributed by atoms with van der Waals surface area (Å²) in [4.78, 5) is 0. The molecular weight excluding hydrogens is 190 g/mol. The number of rotatable bonds is 3. The van der Waals surface area contributed by atoms with Crippen molar-refractivity contribution >= 4 is 27.5 Å². The van der Waals surface area contributed by atoms with Crippen LogP contribution in [0, 0.1) is 0 Å². The van der Waals surface area contributed by atoms with Crippen LogP contribution in [-0.4, -0.2) is 6.54 Å². The van der Waals surface area contributed by atoms with E-state index in [1.807, 2.05) is 0 Å². The minimum atomic E-state index is 0.721. The highest BCUT2D eigenvalue weighted by atomic mass is 32.1. The molecule has 0 aliphatic heterocycles. The molecule has 14 heavy (non-hydrogen) atoms. The number of nitrogens with two attached hydrogens (primary N) is 1. The lowest BCUT2D eigenvalue weighted by Gasteiger charge is -1.90. The van der Waals surface area contributed by atoms with Crippen molar-refractivity contribution in [1.82, 2.24) is 0 Å². The molecule has 1 nitrogen and oxygen atoms in total. The van der Waals surface area contributed by atoms with E-state index in [0.717, 1.165) is 13.0 Å². The molecule has 0 fully saturated rings. The van der Waals surface area contributed by atoms with Crippen molar-refractivity contribution in [2.75, 3.05) is 6.54 Å². The molecule has 0 unspecified atom stereocenters. The van der Waals surface area contributed by atoms with Crippen molar-refractivity contribution in [2.45, 2.75) is 6.42 Å². The summed E-state index contributed by atoms with van der Waals surface area (Å²) in [5.41, 5.74) is 6.74. The smallest absolute Gasteiger partial charge is 0.0348 e. The fourth-order valence-corrected chi connectivity index (χ4v) is 2.36. The first-order chi connectivity index (χ1) is 6.92. The molecule has 2 N–H and O–H groups in total. The largest absolute Gasteiger partial charge is 0.330 e. The highest BCUT2D eigenvalue weighted by molar-refractivity contribution is 7.17. The summed E-state index contributed by atoms with van der Waals surface area (Å²) in [6, 6.07) is 8.47. The Kier molecular flexibility index (Phi) is 2.96. The fraction of sp³-hybridized carbons (Fsp3) is 0.167. The van der Waals surface area contributed by atoms with Gasteiger partial charge < -0.3 is 5.73 Å². The third kappa shape index (κ3) is 1.86. The highest BCUT2D eigenvalue weighted by Crippen LogP contribution is 2.26. The molecule has 0 atom stereocenters. The lowest BCUT2D eigenvalue weighted by Crippen LogP contribution is -1.94. The van der Waals surface area contributed by atoms with E-state index in [0.29, 0.717) is 0 Å². The highest BCUT2D eigenvalue weighted by Gasteiger charge is 1.98. The van der Waals surface area contributed by atoms with Crippen molar-refractivity contribution in [1.29, 1.82) is 0 Å². The van der Waals surface area contributed by atoms with Crippen LogP contribution < -0.4 is 5.73 Å². The minimum absolute atomic E-state index is 0.721. The van der Waals surface area contributed by atoms with E-state index in [9.17, 15) is 0 Å². The van der Waals surface area contributed by atoms with Crippen LogP contribution in [0.1, 0.15) is 12.0 Å². The van der Waals surface area contributed by atoms with Gasteiger partial charge in [-0.1, -0.05) is 30.4 Å². The molecule has 0 saturated carbocycles. The summed E-state index contributed by atoms with van der Waals surface area (Å²) in [7, 11) is 0. The Morgan fingerprint density at radius 3 is 3.00 bits per heavy atom. The first-order valence-corrected chi connectivity index (χ1v) is 5.62. The maximum atomic E-state index is 5.43. The molecule has 0 bridgehead atoms. The van der Waals surface area contributed by atoms with E-state index >= 15 is 0 Å². The van der Waals surface area contributed by atoms with E-state index in [4.69, 9.17) is 5.73 Å². The summed E-state index contributed by atoms with van der Waals surface area (Å²) in [5.74, 6) is 0. The zero-order valence-electron chi connectivity index (χ0n) is 7.94. The fourth-order valence-electron chi connectivity index (χ4n) is 1.43. The predicted molar refractivity (Wildman–Crippen MR) is 64.5 cm³/mol. The first kappa shape index (κ1) is 9.44. The van der Waals surface area contributed by atoms with Crippen molar-refractivity contribution in [3.63, 3.8) is 0 Å². The van der Waals surface area contributed by atoms with E-state index in [-0.39, 0.29) is 0 Å². The number of fused-ring (bicyclic) bond motifs is 1. The number of hydrogen-bond acceptors (Lipinski definition) is 2. The van der Waals surface area contributed by atoms with Gasteiger partial charge in [0, 0.05) is 4.70 Å². The van der Waals surface area contributed by atoms with Crippen LogP contribution in [0.3, 0.4) is 0 Å². The average molecular weight is 203 g/mol. The van der Waals surface area contributed by atoms with Gasteiger partial charge in [-0.2, -0.15) is 0 Å². The van der Waals surface area contributed by atoms with Gasteiger partial charge in [-0.15, -0.1) is 11.3 Å². The summed E-state index contributed by atoms with van der Waals surface area (Å²) < 4.78 is 1.35. The molecule has 2 aromatic rings. The zero-order chi connectivity index (χ0) is 9.80. The summed E-state index contributed by atoms with van der Waals surface area (Å²) in [6.45, 7) is 0.721. The monoisotopic (exact) mass is 203 g/mol. The first-order valence-electron chi connectivity index (χ1n) is 4.74. The molecule has 0 spiro atoms.